The lowest BCUT2D eigenvalue weighted by Crippen LogP contribution is -2.03. The van der Waals surface area contributed by atoms with E-state index in [2.05, 4.69) is 43.5 Å². The molecule has 0 aliphatic heterocycles. The highest BCUT2D eigenvalue weighted by molar-refractivity contribution is 9.10. The highest BCUT2D eigenvalue weighted by atomic mass is 79.9. The van der Waals surface area contributed by atoms with Crippen molar-refractivity contribution in [3.05, 3.63) is 40.9 Å². The maximum atomic E-state index is 13.2. The van der Waals surface area contributed by atoms with Gasteiger partial charge in [-0.3, -0.25) is 0 Å². The van der Waals surface area contributed by atoms with Crippen LogP contribution >= 0.6 is 15.9 Å². The number of anilines is 3. The molecule has 0 atom stereocenters. The van der Waals surface area contributed by atoms with Gasteiger partial charge in [-0.1, -0.05) is 6.92 Å². The molecule has 0 fully saturated rings. The fourth-order valence-corrected chi connectivity index (χ4v) is 1.85. The zero-order valence-electron chi connectivity index (χ0n) is 10.5. The van der Waals surface area contributed by atoms with Crippen LogP contribution in [0.5, 0.6) is 0 Å². The highest BCUT2D eigenvalue weighted by Crippen LogP contribution is 2.26. The summed E-state index contributed by atoms with van der Waals surface area (Å²) in [5, 5.41) is 6.22. The maximum Gasteiger partial charge on any atom is 0.135 e. The Morgan fingerprint density at radius 3 is 2.79 bits per heavy atom. The first-order chi connectivity index (χ1) is 9.19. The summed E-state index contributed by atoms with van der Waals surface area (Å²) < 4.78 is 14.0. The molecular formula is C13H14BrFN4. The van der Waals surface area contributed by atoms with E-state index >= 15 is 0 Å². The van der Waals surface area contributed by atoms with Gasteiger partial charge in [0, 0.05) is 17.1 Å². The molecule has 0 spiro atoms. The minimum Gasteiger partial charge on any atom is -0.370 e. The van der Waals surface area contributed by atoms with Gasteiger partial charge in [0.2, 0.25) is 0 Å². The molecule has 2 rings (SSSR count). The minimum atomic E-state index is -0.302. The van der Waals surface area contributed by atoms with E-state index in [4.69, 9.17) is 0 Å². The van der Waals surface area contributed by atoms with E-state index in [1.807, 2.05) is 0 Å². The second kappa shape index (κ2) is 6.47. The van der Waals surface area contributed by atoms with Crippen LogP contribution in [0.4, 0.5) is 21.7 Å². The van der Waals surface area contributed by atoms with Crippen LogP contribution in [0, 0.1) is 5.82 Å². The number of rotatable bonds is 5. The molecule has 0 amide bonds. The van der Waals surface area contributed by atoms with E-state index in [0.717, 1.165) is 23.3 Å². The van der Waals surface area contributed by atoms with Gasteiger partial charge < -0.3 is 10.6 Å². The van der Waals surface area contributed by atoms with E-state index in [0.29, 0.717) is 11.5 Å². The zero-order chi connectivity index (χ0) is 13.7. The van der Waals surface area contributed by atoms with Crippen LogP contribution in [-0.2, 0) is 0 Å². The van der Waals surface area contributed by atoms with Crippen molar-refractivity contribution in [3.8, 4) is 0 Å². The van der Waals surface area contributed by atoms with Crippen molar-refractivity contribution in [3.63, 3.8) is 0 Å². The predicted octanol–water partition coefficient (Wildman–Crippen LogP) is 3.94. The third-order valence-electron chi connectivity index (χ3n) is 2.41. The van der Waals surface area contributed by atoms with Crippen LogP contribution in [0.1, 0.15) is 13.3 Å². The molecule has 19 heavy (non-hydrogen) atoms. The maximum absolute atomic E-state index is 13.2. The van der Waals surface area contributed by atoms with Crippen LogP contribution in [0.25, 0.3) is 0 Å². The summed E-state index contributed by atoms with van der Waals surface area (Å²) in [6.07, 6.45) is 2.48. The third kappa shape index (κ3) is 3.89. The van der Waals surface area contributed by atoms with Crippen molar-refractivity contribution in [2.75, 3.05) is 17.2 Å². The summed E-state index contributed by atoms with van der Waals surface area (Å²) in [4.78, 5) is 8.22. The lowest BCUT2D eigenvalue weighted by molar-refractivity contribution is 0.628. The van der Waals surface area contributed by atoms with Crippen molar-refractivity contribution in [1.82, 2.24) is 9.97 Å². The summed E-state index contributed by atoms with van der Waals surface area (Å²) >= 11 is 3.36. The smallest absolute Gasteiger partial charge is 0.135 e. The average molecular weight is 325 g/mol. The fourth-order valence-electron chi connectivity index (χ4n) is 1.51. The molecule has 0 aliphatic carbocycles. The molecule has 4 nitrogen and oxygen atoms in total. The van der Waals surface area contributed by atoms with Gasteiger partial charge in [0.15, 0.2) is 0 Å². The summed E-state index contributed by atoms with van der Waals surface area (Å²) in [7, 11) is 0. The van der Waals surface area contributed by atoms with Gasteiger partial charge >= 0.3 is 0 Å². The van der Waals surface area contributed by atoms with E-state index in [9.17, 15) is 4.39 Å². The third-order valence-corrected chi connectivity index (χ3v) is 3.11. The molecule has 6 heteroatoms. The summed E-state index contributed by atoms with van der Waals surface area (Å²) in [5.74, 6) is 1.05. The fraction of sp³-hybridized carbons (Fsp3) is 0.231. The molecule has 0 aliphatic rings. The SMILES string of the molecule is CCCNc1cc(Nc2cc(F)ccc2Br)ncn1. The number of halogens is 2. The molecule has 2 N–H and O–H groups in total. The molecule has 0 bridgehead atoms. The number of nitrogens with zero attached hydrogens (tertiary/aromatic N) is 2. The van der Waals surface area contributed by atoms with Crippen LogP contribution < -0.4 is 10.6 Å². The number of hydrogen-bond donors (Lipinski definition) is 2. The second-order valence-electron chi connectivity index (χ2n) is 3.96. The van der Waals surface area contributed by atoms with Crippen LogP contribution in [0.3, 0.4) is 0 Å². The number of nitrogens with one attached hydrogen (secondary N) is 2. The summed E-state index contributed by atoms with van der Waals surface area (Å²) in [6.45, 7) is 2.93. The summed E-state index contributed by atoms with van der Waals surface area (Å²) in [5.41, 5.74) is 0.625. The van der Waals surface area contributed by atoms with Gasteiger partial charge in [-0.15, -0.1) is 0 Å². The monoisotopic (exact) mass is 324 g/mol. The van der Waals surface area contributed by atoms with Gasteiger partial charge in [0.05, 0.1) is 5.69 Å². The molecular weight excluding hydrogens is 311 g/mol. The normalized spacial score (nSPS) is 10.3. The van der Waals surface area contributed by atoms with Crippen molar-refractivity contribution in [2.45, 2.75) is 13.3 Å². The topological polar surface area (TPSA) is 49.8 Å². The summed E-state index contributed by atoms with van der Waals surface area (Å²) in [6, 6.07) is 6.23. The Bertz CT molecular complexity index is 562. The number of hydrogen-bond acceptors (Lipinski definition) is 4. The van der Waals surface area contributed by atoms with E-state index in [-0.39, 0.29) is 5.82 Å². The van der Waals surface area contributed by atoms with Gasteiger partial charge in [-0.05, 0) is 40.5 Å². The Balaban J connectivity index is 2.16. The molecule has 0 saturated heterocycles. The Morgan fingerprint density at radius 1 is 1.21 bits per heavy atom. The first-order valence-corrected chi connectivity index (χ1v) is 6.76. The first kappa shape index (κ1) is 13.7. The van der Waals surface area contributed by atoms with Crippen molar-refractivity contribution >= 4 is 33.3 Å². The van der Waals surface area contributed by atoms with Gasteiger partial charge in [-0.25, -0.2) is 14.4 Å². The predicted molar refractivity (Wildman–Crippen MR) is 78.2 cm³/mol. The van der Waals surface area contributed by atoms with Gasteiger partial charge in [0.1, 0.15) is 23.8 Å². The lowest BCUT2D eigenvalue weighted by atomic mass is 10.3. The molecule has 100 valence electrons. The van der Waals surface area contributed by atoms with Crippen LogP contribution in [0.15, 0.2) is 35.1 Å². The molecule has 0 radical (unpaired) electrons. The minimum absolute atomic E-state index is 0.302. The Kier molecular flexibility index (Phi) is 4.68. The number of benzene rings is 1. The molecule has 0 saturated carbocycles. The average Bonchev–Trinajstić information content (AvgIpc) is 2.41. The molecule has 2 aromatic rings. The van der Waals surface area contributed by atoms with E-state index in [1.54, 1.807) is 12.1 Å². The Morgan fingerprint density at radius 2 is 2.00 bits per heavy atom. The van der Waals surface area contributed by atoms with Crippen LogP contribution in [-0.4, -0.2) is 16.5 Å². The standard InChI is InChI=1S/C13H14BrFN4/c1-2-5-16-12-7-13(18-8-17-12)19-11-6-9(15)3-4-10(11)14/h3-4,6-8H,2,5H2,1H3,(H2,16,17,18,19). The largest absolute Gasteiger partial charge is 0.370 e. The molecule has 1 aromatic carbocycles. The second-order valence-corrected chi connectivity index (χ2v) is 4.82. The highest BCUT2D eigenvalue weighted by Gasteiger charge is 2.04. The van der Waals surface area contributed by atoms with Gasteiger partial charge in [0.25, 0.3) is 0 Å². The molecule has 0 unspecified atom stereocenters. The first-order valence-electron chi connectivity index (χ1n) is 5.97. The van der Waals surface area contributed by atoms with Crippen LogP contribution in [0.2, 0.25) is 0 Å². The Hall–Kier alpha value is -1.69. The van der Waals surface area contributed by atoms with Gasteiger partial charge in [-0.2, -0.15) is 0 Å². The van der Waals surface area contributed by atoms with Crippen molar-refractivity contribution in [2.24, 2.45) is 0 Å². The molecule has 1 heterocycles. The Labute approximate surface area is 119 Å². The number of aromatic nitrogens is 2. The quantitative estimate of drug-likeness (QED) is 0.874. The van der Waals surface area contributed by atoms with E-state index < -0.39 is 0 Å². The van der Waals surface area contributed by atoms with Crippen molar-refractivity contribution in [1.29, 1.82) is 0 Å². The van der Waals surface area contributed by atoms with E-state index in [1.165, 1.54) is 18.5 Å². The zero-order valence-corrected chi connectivity index (χ0v) is 12.0. The van der Waals surface area contributed by atoms with Crippen molar-refractivity contribution < 1.29 is 4.39 Å². The molecule has 1 aromatic heterocycles. The lowest BCUT2D eigenvalue weighted by Gasteiger charge is -2.09.